The quantitative estimate of drug-likeness (QED) is 0.0417. The lowest BCUT2D eigenvalue weighted by Crippen LogP contribution is -2.50. The van der Waals surface area contributed by atoms with Crippen LogP contribution in [0.3, 0.4) is 0 Å². The Morgan fingerprint density at radius 3 is 1.95 bits per heavy atom. The molecule has 1 atom stereocenters. The first-order valence-corrected chi connectivity index (χ1v) is 22.6. The SMILES string of the molecule is CCCCCCCCCCCCCCCCCCCCCCOC(=O)CN(C)C(=O)OC[N+]1(C)CCc2c(c3cc(C)ccc3n2CCc2ccc(C)nc2)C1. The maximum absolute atomic E-state index is 13.0. The molecular formula is C48H77N4O4+. The number of amides is 1. The molecule has 1 unspecified atom stereocenters. The van der Waals surface area contributed by atoms with E-state index in [1.807, 2.05) is 13.1 Å². The highest BCUT2D eigenvalue weighted by Gasteiger charge is 2.34. The molecule has 1 aromatic carbocycles. The first-order valence-electron chi connectivity index (χ1n) is 22.6. The predicted molar refractivity (Wildman–Crippen MR) is 231 cm³/mol. The van der Waals surface area contributed by atoms with E-state index in [1.54, 1.807) is 7.05 Å². The Morgan fingerprint density at radius 1 is 0.786 bits per heavy atom. The molecule has 0 fully saturated rings. The van der Waals surface area contributed by atoms with Gasteiger partial charge in [0.05, 0.1) is 20.2 Å². The maximum atomic E-state index is 13.0. The summed E-state index contributed by atoms with van der Waals surface area (Å²) in [6, 6.07) is 11.0. The normalized spacial score (nSPS) is 15.2. The molecule has 2 aromatic heterocycles. The molecule has 0 radical (unpaired) electrons. The Labute approximate surface area is 340 Å². The van der Waals surface area contributed by atoms with E-state index in [9.17, 15) is 9.59 Å². The van der Waals surface area contributed by atoms with E-state index in [-0.39, 0.29) is 19.2 Å². The van der Waals surface area contributed by atoms with Gasteiger partial charge < -0.3 is 18.9 Å². The minimum atomic E-state index is -0.490. The fraction of sp³-hybridized carbons (Fsp3) is 0.688. The van der Waals surface area contributed by atoms with Crippen LogP contribution in [0.1, 0.15) is 163 Å². The van der Waals surface area contributed by atoms with E-state index in [2.05, 4.69) is 60.8 Å². The van der Waals surface area contributed by atoms with Gasteiger partial charge in [0.25, 0.3) is 0 Å². The summed E-state index contributed by atoms with van der Waals surface area (Å²) in [6.45, 7) is 9.57. The van der Waals surface area contributed by atoms with Crippen molar-refractivity contribution in [1.82, 2.24) is 14.5 Å². The third-order valence-electron chi connectivity index (χ3n) is 11.9. The lowest BCUT2D eigenvalue weighted by atomic mass is 10.0. The van der Waals surface area contributed by atoms with Crippen LogP contribution >= 0.6 is 0 Å². The minimum absolute atomic E-state index is 0.102. The highest BCUT2D eigenvalue weighted by molar-refractivity contribution is 5.86. The number of benzene rings is 1. The van der Waals surface area contributed by atoms with Gasteiger partial charge in [-0.05, 0) is 50.5 Å². The van der Waals surface area contributed by atoms with Crippen molar-refractivity contribution in [3.8, 4) is 0 Å². The van der Waals surface area contributed by atoms with Crippen molar-refractivity contribution in [2.45, 2.75) is 175 Å². The number of esters is 1. The van der Waals surface area contributed by atoms with E-state index in [0.29, 0.717) is 11.1 Å². The summed E-state index contributed by atoms with van der Waals surface area (Å²) in [5.41, 5.74) is 7.51. The summed E-state index contributed by atoms with van der Waals surface area (Å²) in [5, 5.41) is 1.29. The molecule has 8 nitrogen and oxygen atoms in total. The average molecular weight is 774 g/mol. The van der Waals surface area contributed by atoms with Crippen molar-refractivity contribution >= 4 is 23.0 Å². The van der Waals surface area contributed by atoms with Gasteiger partial charge in [-0.1, -0.05) is 147 Å². The van der Waals surface area contributed by atoms with Crippen LogP contribution in [0.15, 0.2) is 36.5 Å². The number of pyridine rings is 1. The molecule has 1 amide bonds. The zero-order valence-electron chi connectivity index (χ0n) is 36.2. The fourth-order valence-electron chi connectivity index (χ4n) is 8.31. The molecule has 1 aliphatic heterocycles. The molecule has 3 heterocycles. The molecule has 1 aliphatic rings. The number of unbranched alkanes of at least 4 members (excludes halogenated alkanes) is 19. The molecule has 56 heavy (non-hydrogen) atoms. The van der Waals surface area contributed by atoms with Crippen LogP contribution in [-0.2, 0) is 40.2 Å². The standard InChI is InChI=1S/C48H77N4O4/c1-6-7-8-9-10-11-12-13-14-15-16-17-18-19-20-21-22-23-24-25-34-55-47(53)37-50(4)48(54)56-39-52(5)33-31-46-44(38-52)43-35-40(2)26-29-45(43)51(46)32-30-42-28-27-41(3)49-36-42/h26-29,35-36H,6-25,30-34,37-39H2,1-5H3/q+1. The van der Waals surface area contributed by atoms with Crippen molar-refractivity contribution in [3.05, 3.63) is 64.6 Å². The number of fused-ring (bicyclic) bond motifs is 3. The van der Waals surface area contributed by atoms with Gasteiger partial charge in [0.1, 0.15) is 13.1 Å². The third kappa shape index (κ3) is 15.9. The van der Waals surface area contributed by atoms with Crippen molar-refractivity contribution in [2.24, 2.45) is 0 Å². The van der Waals surface area contributed by atoms with Crippen molar-refractivity contribution in [1.29, 1.82) is 0 Å². The van der Waals surface area contributed by atoms with Gasteiger partial charge >= 0.3 is 12.1 Å². The molecular weight excluding hydrogens is 697 g/mol. The molecule has 0 N–H and O–H groups in total. The topological polar surface area (TPSA) is 73.7 Å². The van der Waals surface area contributed by atoms with Crippen LogP contribution in [0.4, 0.5) is 4.79 Å². The van der Waals surface area contributed by atoms with Crippen LogP contribution in [0.25, 0.3) is 10.9 Å². The highest BCUT2D eigenvalue weighted by Crippen LogP contribution is 2.34. The van der Waals surface area contributed by atoms with Crippen molar-refractivity contribution in [3.63, 3.8) is 0 Å². The van der Waals surface area contributed by atoms with Crippen molar-refractivity contribution in [2.75, 3.05) is 40.5 Å². The van der Waals surface area contributed by atoms with Crippen LogP contribution in [0.2, 0.25) is 0 Å². The van der Waals surface area contributed by atoms with Crippen LogP contribution in [0, 0.1) is 13.8 Å². The largest absolute Gasteiger partial charge is 0.464 e. The zero-order chi connectivity index (χ0) is 40.0. The van der Waals surface area contributed by atoms with E-state index < -0.39 is 6.09 Å². The van der Waals surface area contributed by atoms with Crippen LogP contribution < -0.4 is 0 Å². The number of nitrogens with zero attached hydrogens (tertiary/aromatic N) is 4. The summed E-state index contributed by atoms with van der Waals surface area (Å²) >= 11 is 0. The van der Waals surface area contributed by atoms with Gasteiger partial charge in [0.2, 0.25) is 6.73 Å². The van der Waals surface area contributed by atoms with Gasteiger partial charge in [-0.3, -0.25) is 14.3 Å². The number of quaternary nitrogens is 1. The average Bonchev–Trinajstić information content (AvgIpc) is 3.48. The van der Waals surface area contributed by atoms with Gasteiger partial charge in [-0.15, -0.1) is 0 Å². The highest BCUT2D eigenvalue weighted by atomic mass is 16.6. The van der Waals surface area contributed by atoms with Crippen LogP contribution in [0.5, 0.6) is 0 Å². The number of rotatable bonds is 28. The van der Waals surface area contributed by atoms with Gasteiger partial charge in [-0.25, -0.2) is 4.79 Å². The second-order valence-corrected chi connectivity index (χ2v) is 17.2. The number of hydrogen-bond donors (Lipinski definition) is 0. The number of carbonyl (C=O) groups excluding carboxylic acids is 2. The zero-order valence-corrected chi connectivity index (χ0v) is 36.2. The Morgan fingerprint density at radius 2 is 1.38 bits per heavy atom. The molecule has 0 aliphatic carbocycles. The second-order valence-electron chi connectivity index (χ2n) is 17.2. The molecule has 0 spiro atoms. The fourth-order valence-corrected chi connectivity index (χ4v) is 8.31. The number of aromatic nitrogens is 2. The second kappa shape index (κ2) is 25.1. The van der Waals surface area contributed by atoms with Gasteiger partial charge in [-0.2, -0.15) is 0 Å². The van der Waals surface area contributed by atoms with Gasteiger partial charge in [0, 0.05) is 54.1 Å². The molecule has 3 aromatic rings. The molecule has 312 valence electrons. The molecule has 0 saturated heterocycles. The lowest BCUT2D eigenvalue weighted by molar-refractivity contribution is -0.940. The number of carbonyl (C=O) groups is 2. The van der Waals surface area contributed by atoms with E-state index in [0.717, 1.165) is 51.0 Å². The first-order chi connectivity index (χ1) is 27.2. The molecule has 4 rings (SSSR count). The minimum Gasteiger partial charge on any atom is -0.464 e. The van der Waals surface area contributed by atoms with Crippen molar-refractivity contribution < 1.29 is 23.5 Å². The lowest BCUT2D eigenvalue weighted by Gasteiger charge is -2.37. The number of likely N-dealkylation sites (N-methyl/N-ethyl adjacent to an activating group) is 2. The summed E-state index contributed by atoms with van der Waals surface area (Å²) in [5.74, 6) is -0.380. The number of hydrogen-bond acceptors (Lipinski definition) is 5. The predicted octanol–water partition coefficient (Wildman–Crippen LogP) is 11.8. The third-order valence-corrected chi connectivity index (χ3v) is 11.9. The smallest absolute Gasteiger partial charge is 0.414 e. The molecule has 0 bridgehead atoms. The van der Waals surface area contributed by atoms with E-state index in [1.165, 1.54) is 154 Å². The molecule has 8 heteroatoms. The maximum Gasteiger partial charge on any atom is 0.414 e. The molecule has 0 saturated carbocycles. The first kappa shape index (κ1) is 45.3. The van der Waals surface area contributed by atoms with E-state index >= 15 is 0 Å². The van der Waals surface area contributed by atoms with Gasteiger partial charge in [0.15, 0.2) is 0 Å². The Kier molecular flexibility index (Phi) is 20.3. The summed E-state index contributed by atoms with van der Waals surface area (Å²) in [4.78, 5) is 31.3. The summed E-state index contributed by atoms with van der Waals surface area (Å²) < 4.78 is 14.4. The number of aryl methyl sites for hydroxylation is 4. The Balaban J connectivity index is 1.03. The van der Waals surface area contributed by atoms with E-state index in [4.69, 9.17) is 9.47 Å². The number of ether oxygens (including phenoxy) is 2. The Bertz CT molecular complexity index is 1580. The van der Waals surface area contributed by atoms with Crippen LogP contribution in [-0.4, -0.2) is 71.5 Å². The summed E-state index contributed by atoms with van der Waals surface area (Å²) in [6.07, 6.45) is 30.1. The Hall–Kier alpha value is -3.39. The monoisotopic (exact) mass is 774 g/mol. The summed E-state index contributed by atoms with van der Waals surface area (Å²) in [7, 11) is 3.76.